The molecule has 0 aromatic heterocycles. The van der Waals surface area contributed by atoms with Crippen LogP contribution in [-0.2, 0) is 19.1 Å². The molecule has 0 aromatic carbocycles. The highest BCUT2D eigenvalue weighted by molar-refractivity contribution is 5.70. The SMILES string of the molecule is CC/C=C\C/C=C\C/C=C\C/C=C\C/C=C\C/C=C\C/C=C\C/C=C\CCCCCCCCCCCCCCC(=O)OC(CO)COC(=O)CCCCCCCCCCCCCCC/C=C\C/C=C\C/C=C\C/C=C\C/C=C\CC. The van der Waals surface area contributed by atoms with Crippen LogP contribution in [-0.4, -0.2) is 36.4 Å². The highest BCUT2D eigenvalue weighted by Gasteiger charge is 2.16. The van der Waals surface area contributed by atoms with E-state index in [0.717, 1.165) is 122 Å². The van der Waals surface area contributed by atoms with E-state index in [9.17, 15) is 14.7 Å². The predicted molar refractivity (Wildman–Crippen MR) is 352 cm³/mol. The summed E-state index contributed by atoms with van der Waals surface area (Å²) in [6, 6.07) is 0. The van der Waals surface area contributed by atoms with Crippen molar-refractivity contribution in [2.24, 2.45) is 0 Å². The van der Waals surface area contributed by atoms with E-state index < -0.39 is 6.10 Å². The van der Waals surface area contributed by atoms with E-state index in [0.29, 0.717) is 12.8 Å². The summed E-state index contributed by atoms with van der Waals surface area (Å²) < 4.78 is 10.7. The highest BCUT2D eigenvalue weighted by atomic mass is 16.6. The number of hydrogen-bond acceptors (Lipinski definition) is 5. The summed E-state index contributed by atoms with van der Waals surface area (Å²) in [5, 5.41) is 9.70. The summed E-state index contributed by atoms with van der Waals surface area (Å²) in [7, 11) is 0. The fraction of sp³-hybridized carbons (Fsp3) is 0.627. The molecular weight excluding hydrogens is 981 g/mol. The van der Waals surface area contributed by atoms with Gasteiger partial charge in [0.05, 0.1) is 6.61 Å². The lowest BCUT2D eigenvalue weighted by molar-refractivity contribution is -0.161. The average molecular weight is 1100 g/mol. The van der Waals surface area contributed by atoms with Crippen molar-refractivity contribution in [3.05, 3.63) is 158 Å². The summed E-state index contributed by atoms with van der Waals surface area (Å²) in [6.45, 7) is 3.92. The summed E-state index contributed by atoms with van der Waals surface area (Å²) in [5.74, 6) is -0.596. The molecule has 0 aliphatic rings. The molecule has 0 fully saturated rings. The maximum atomic E-state index is 12.4. The first-order valence-corrected chi connectivity index (χ1v) is 33.0. The monoisotopic (exact) mass is 1100 g/mol. The van der Waals surface area contributed by atoms with Crippen molar-refractivity contribution in [1.29, 1.82) is 0 Å². The summed E-state index contributed by atoms with van der Waals surface area (Å²) in [4.78, 5) is 24.6. The van der Waals surface area contributed by atoms with E-state index in [4.69, 9.17) is 9.47 Å². The number of aliphatic hydroxyl groups excluding tert-OH is 1. The van der Waals surface area contributed by atoms with Gasteiger partial charge in [0.1, 0.15) is 6.61 Å². The molecule has 0 rings (SSSR count). The quantitative estimate of drug-likeness (QED) is 0.0373. The van der Waals surface area contributed by atoms with E-state index in [1.807, 2.05) is 0 Å². The smallest absolute Gasteiger partial charge is 0.306 e. The summed E-state index contributed by atoms with van der Waals surface area (Å²) >= 11 is 0. The second kappa shape index (κ2) is 68.8. The fourth-order valence-corrected chi connectivity index (χ4v) is 8.95. The van der Waals surface area contributed by atoms with Gasteiger partial charge in [-0.2, -0.15) is 0 Å². The van der Waals surface area contributed by atoms with E-state index in [1.165, 1.54) is 135 Å². The second-order valence-electron chi connectivity index (χ2n) is 21.4. The van der Waals surface area contributed by atoms with Crippen LogP contribution in [0.3, 0.4) is 0 Å². The predicted octanol–water partition coefficient (Wildman–Crippen LogP) is 23.1. The Balaban J connectivity index is 3.53. The molecule has 0 heterocycles. The number of carbonyl (C=O) groups is 2. The standard InChI is InChI=1S/C75H122O5/c1-3-5-7-9-11-13-15-17-19-21-23-25-27-29-31-33-34-35-36-37-38-39-40-42-44-46-48-50-52-54-56-58-60-62-64-66-68-70-75(78)80-73(71-76)72-79-74(77)69-67-65-63-61-59-57-55-53-51-49-47-45-43-41-32-30-28-26-24-22-20-18-16-14-12-10-8-6-4-2/h5-8,11-14,17-20,23-26,29-32,34-35,37-38,40,42,73,76H,3-4,9-10,15-16,21-22,27-28,33,36,39,41,43-72H2,1-2H3/b7-5-,8-6-,13-11-,14-12-,19-17-,20-18-,25-23-,26-24-,31-29-,32-30-,35-34-,38-37-,42-40-. The first-order chi connectivity index (χ1) is 39.6. The van der Waals surface area contributed by atoms with Crippen LogP contribution in [0.4, 0.5) is 0 Å². The van der Waals surface area contributed by atoms with Gasteiger partial charge in [0.15, 0.2) is 6.10 Å². The lowest BCUT2D eigenvalue weighted by Gasteiger charge is -2.15. The van der Waals surface area contributed by atoms with Gasteiger partial charge in [0.2, 0.25) is 0 Å². The molecule has 0 bridgehead atoms. The number of ether oxygens (including phenoxy) is 2. The summed E-state index contributed by atoms with van der Waals surface area (Å²) in [5.41, 5.74) is 0. The lowest BCUT2D eigenvalue weighted by atomic mass is 10.0. The molecule has 1 atom stereocenters. The third kappa shape index (κ3) is 66.0. The molecule has 5 heteroatoms. The van der Waals surface area contributed by atoms with Crippen LogP contribution in [0.25, 0.3) is 0 Å². The molecule has 0 aliphatic heterocycles. The van der Waals surface area contributed by atoms with E-state index in [-0.39, 0.29) is 25.2 Å². The average Bonchev–Trinajstić information content (AvgIpc) is 3.46. The Kier molecular flexibility index (Phi) is 64.9. The van der Waals surface area contributed by atoms with Crippen molar-refractivity contribution < 1.29 is 24.2 Å². The lowest BCUT2D eigenvalue weighted by Crippen LogP contribution is -2.28. The van der Waals surface area contributed by atoms with Gasteiger partial charge < -0.3 is 14.6 Å². The third-order valence-corrected chi connectivity index (χ3v) is 13.8. The van der Waals surface area contributed by atoms with Gasteiger partial charge in [-0.25, -0.2) is 0 Å². The fourth-order valence-electron chi connectivity index (χ4n) is 8.95. The number of rotatable bonds is 59. The Morgan fingerprint density at radius 2 is 0.500 bits per heavy atom. The molecule has 80 heavy (non-hydrogen) atoms. The molecule has 452 valence electrons. The highest BCUT2D eigenvalue weighted by Crippen LogP contribution is 2.16. The molecule has 0 aromatic rings. The molecule has 1 unspecified atom stereocenters. The van der Waals surface area contributed by atoms with Gasteiger partial charge >= 0.3 is 11.9 Å². The van der Waals surface area contributed by atoms with Crippen molar-refractivity contribution >= 4 is 11.9 Å². The van der Waals surface area contributed by atoms with Crippen LogP contribution in [0, 0.1) is 0 Å². The third-order valence-electron chi connectivity index (χ3n) is 13.8. The number of unbranched alkanes of at least 4 members (excludes halogenated alkanes) is 25. The Hall–Kier alpha value is -4.48. The van der Waals surface area contributed by atoms with E-state index in [1.54, 1.807) is 0 Å². The Morgan fingerprint density at radius 1 is 0.287 bits per heavy atom. The second-order valence-corrected chi connectivity index (χ2v) is 21.4. The van der Waals surface area contributed by atoms with Crippen LogP contribution in [0.1, 0.15) is 284 Å². The van der Waals surface area contributed by atoms with Crippen molar-refractivity contribution in [2.75, 3.05) is 13.2 Å². The van der Waals surface area contributed by atoms with E-state index >= 15 is 0 Å². The first kappa shape index (κ1) is 75.5. The first-order valence-electron chi connectivity index (χ1n) is 33.0. The van der Waals surface area contributed by atoms with Gasteiger partial charge in [-0.3, -0.25) is 9.59 Å². The van der Waals surface area contributed by atoms with Crippen LogP contribution in [0.15, 0.2) is 158 Å². The Morgan fingerprint density at radius 3 is 0.750 bits per heavy atom. The van der Waals surface area contributed by atoms with Gasteiger partial charge in [-0.05, 0) is 122 Å². The molecule has 0 amide bonds. The van der Waals surface area contributed by atoms with E-state index in [2.05, 4.69) is 172 Å². The number of hydrogen-bond donors (Lipinski definition) is 1. The van der Waals surface area contributed by atoms with Crippen LogP contribution in [0.2, 0.25) is 0 Å². The number of allylic oxidation sites excluding steroid dienone is 26. The number of carbonyl (C=O) groups excluding carboxylic acids is 2. The maximum absolute atomic E-state index is 12.4. The van der Waals surface area contributed by atoms with Gasteiger partial charge in [-0.15, -0.1) is 0 Å². The zero-order chi connectivity index (χ0) is 57.6. The number of aliphatic hydroxyl groups is 1. The molecule has 0 spiro atoms. The van der Waals surface area contributed by atoms with Crippen LogP contribution in [0.5, 0.6) is 0 Å². The number of esters is 2. The maximum Gasteiger partial charge on any atom is 0.306 e. The minimum absolute atomic E-state index is 0.0741. The largest absolute Gasteiger partial charge is 0.462 e. The van der Waals surface area contributed by atoms with Crippen molar-refractivity contribution in [1.82, 2.24) is 0 Å². The zero-order valence-corrected chi connectivity index (χ0v) is 51.8. The normalized spacial score (nSPS) is 13.3. The van der Waals surface area contributed by atoms with Crippen LogP contribution < -0.4 is 0 Å². The minimum Gasteiger partial charge on any atom is -0.462 e. The van der Waals surface area contributed by atoms with Crippen molar-refractivity contribution in [3.63, 3.8) is 0 Å². The molecular formula is C75H122O5. The zero-order valence-electron chi connectivity index (χ0n) is 51.8. The molecule has 0 aliphatic carbocycles. The van der Waals surface area contributed by atoms with Crippen molar-refractivity contribution in [3.8, 4) is 0 Å². The molecule has 0 saturated carbocycles. The molecule has 0 saturated heterocycles. The minimum atomic E-state index is -0.785. The van der Waals surface area contributed by atoms with Gasteiger partial charge in [0.25, 0.3) is 0 Å². The van der Waals surface area contributed by atoms with Gasteiger partial charge in [-0.1, -0.05) is 307 Å². The van der Waals surface area contributed by atoms with Gasteiger partial charge in [0, 0.05) is 12.8 Å². The van der Waals surface area contributed by atoms with Crippen molar-refractivity contribution in [2.45, 2.75) is 290 Å². The topological polar surface area (TPSA) is 72.8 Å². The molecule has 5 nitrogen and oxygen atoms in total. The molecule has 0 radical (unpaired) electrons. The Labute approximate surface area is 494 Å². The molecule has 1 N–H and O–H groups in total. The Bertz CT molecular complexity index is 1730. The van der Waals surface area contributed by atoms with Crippen LogP contribution >= 0.6 is 0 Å². The summed E-state index contributed by atoms with van der Waals surface area (Å²) in [6.07, 6.45) is 105.